The highest BCUT2D eigenvalue weighted by atomic mass is 35.5. The molecule has 4 nitrogen and oxygen atoms in total. The van der Waals surface area contributed by atoms with Gasteiger partial charge in [-0.2, -0.15) is 0 Å². The molecule has 5 heteroatoms. The van der Waals surface area contributed by atoms with Crippen molar-refractivity contribution in [2.24, 2.45) is 0 Å². The van der Waals surface area contributed by atoms with Crippen LogP contribution in [-0.4, -0.2) is 43.6 Å². The summed E-state index contributed by atoms with van der Waals surface area (Å²) in [6.07, 6.45) is 0. The Morgan fingerprint density at radius 2 is 1.71 bits per heavy atom. The average Bonchev–Trinajstić information content (AvgIpc) is 2.62. The standard InChI is InChI=1S/C19H21ClN2O2/c20-17-8-4-5-9-18(17)24-15-19(23)22-12-10-21(11-13-22)14-16-6-2-1-3-7-16/h1-9H,10-15H2/p+1. The average molecular weight is 346 g/mol. The Labute approximate surface area is 147 Å². The number of rotatable bonds is 5. The minimum atomic E-state index is 0.0219. The van der Waals surface area contributed by atoms with Gasteiger partial charge < -0.3 is 14.5 Å². The smallest absolute Gasteiger partial charge is 0.260 e. The summed E-state index contributed by atoms with van der Waals surface area (Å²) in [6.45, 7) is 4.52. The topological polar surface area (TPSA) is 34.0 Å². The second-order valence-electron chi connectivity index (χ2n) is 6.01. The molecule has 0 aromatic heterocycles. The summed E-state index contributed by atoms with van der Waals surface area (Å²) in [4.78, 5) is 15.7. The number of carbonyl (C=O) groups excluding carboxylic acids is 1. The molecule has 0 radical (unpaired) electrons. The van der Waals surface area contributed by atoms with Gasteiger partial charge in [-0.05, 0) is 12.1 Å². The molecule has 1 N–H and O–H groups in total. The SMILES string of the molecule is O=C(COc1ccccc1Cl)N1CC[NH+](Cc2ccccc2)CC1. The molecule has 126 valence electrons. The molecule has 1 amide bonds. The molecule has 0 aliphatic carbocycles. The molecule has 1 heterocycles. The number of para-hydroxylation sites is 1. The third kappa shape index (κ3) is 4.49. The minimum Gasteiger partial charge on any atom is -0.482 e. The number of benzene rings is 2. The quantitative estimate of drug-likeness (QED) is 0.894. The van der Waals surface area contributed by atoms with Crippen molar-refractivity contribution in [1.82, 2.24) is 4.90 Å². The molecule has 0 saturated carbocycles. The fourth-order valence-corrected chi connectivity index (χ4v) is 3.12. The van der Waals surface area contributed by atoms with Gasteiger partial charge in [0.05, 0.1) is 31.2 Å². The van der Waals surface area contributed by atoms with E-state index in [0.29, 0.717) is 10.8 Å². The van der Waals surface area contributed by atoms with E-state index in [1.807, 2.05) is 23.1 Å². The van der Waals surface area contributed by atoms with Gasteiger partial charge in [-0.1, -0.05) is 54.1 Å². The first kappa shape index (κ1) is 16.8. The number of quaternary nitrogens is 1. The van der Waals surface area contributed by atoms with E-state index in [-0.39, 0.29) is 12.5 Å². The lowest BCUT2D eigenvalue weighted by molar-refractivity contribution is -0.917. The second-order valence-corrected chi connectivity index (χ2v) is 6.42. The van der Waals surface area contributed by atoms with Crippen molar-refractivity contribution < 1.29 is 14.4 Å². The van der Waals surface area contributed by atoms with E-state index in [9.17, 15) is 4.79 Å². The van der Waals surface area contributed by atoms with Crippen LogP contribution in [0.15, 0.2) is 54.6 Å². The van der Waals surface area contributed by atoms with Crippen molar-refractivity contribution in [3.05, 3.63) is 65.2 Å². The van der Waals surface area contributed by atoms with E-state index >= 15 is 0 Å². The second kappa shape index (κ2) is 8.18. The van der Waals surface area contributed by atoms with E-state index in [1.54, 1.807) is 12.1 Å². The van der Waals surface area contributed by atoms with Crippen LogP contribution in [0.3, 0.4) is 0 Å². The fourth-order valence-electron chi connectivity index (χ4n) is 2.93. The highest BCUT2D eigenvalue weighted by Gasteiger charge is 2.24. The van der Waals surface area contributed by atoms with Crippen LogP contribution in [-0.2, 0) is 11.3 Å². The Bertz CT molecular complexity index is 670. The molecular formula is C19H22ClN2O2+. The summed E-state index contributed by atoms with van der Waals surface area (Å²) in [5.41, 5.74) is 1.34. The van der Waals surface area contributed by atoms with Crippen molar-refractivity contribution in [2.75, 3.05) is 32.8 Å². The number of nitrogens with zero attached hydrogens (tertiary/aromatic N) is 1. The highest BCUT2D eigenvalue weighted by molar-refractivity contribution is 6.32. The van der Waals surface area contributed by atoms with Gasteiger partial charge in [0.25, 0.3) is 5.91 Å². The zero-order valence-corrected chi connectivity index (χ0v) is 14.3. The number of halogens is 1. The van der Waals surface area contributed by atoms with E-state index in [1.165, 1.54) is 10.5 Å². The first-order valence-corrected chi connectivity index (χ1v) is 8.63. The summed E-state index contributed by atoms with van der Waals surface area (Å²) < 4.78 is 5.54. The van der Waals surface area contributed by atoms with E-state index in [2.05, 4.69) is 24.3 Å². The molecule has 0 spiro atoms. The van der Waals surface area contributed by atoms with Crippen molar-refractivity contribution >= 4 is 17.5 Å². The molecule has 1 saturated heterocycles. The normalized spacial score (nSPS) is 15.3. The number of ether oxygens (including phenoxy) is 1. The predicted octanol–water partition coefficient (Wildman–Crippen LogP) is 1.65. The van der Waals surface area contributed by atoms with Crippen molar-refractivity contribution in [3.8, 4) is 5.75 Å². The van der Waals surface area contributed by atoms with Gasteiger partial charge >= 0.3 is 0 Å². The maximum absolute atomic E-state index is 12.3. The zero-order valence-electron chi connectivity index (χ0n) is 13.6. The summed E-state index contributed by atoms with van der Waals surface area (Å²) in [7, 11) is 0. The number of hydrogen-bond donors (Lipinski definition) is 1. The Kier molecular flexibility index (Phi) is 5.72. The summed E-state index contributed by atoms with van der Waals surface area (Å²) in [5.74, 6) is 0.578. The van der Waals surface area contributed by atoms with E-state index < -0.39 is 0 Å². The number of amides is 1. The molecular weight excluding hydrogens is 324 g/mol. The van der Waals surface area contributed by atoms with Gasteiger partial charge in [-0.15, -0.1) is 0 Å². The summed E-state index contributed by atoms with van der Waals surface area (Å²) >= 11 is 6.04. The van der Waals surface area contributed by atoms with Crippen LogP contribution < -0.4 is 9.64 Å². The van der Waals surface area contributed by atoms with E-state index in [4.69, 9.17) is 16.3 Å². The van der Waals surface area contributed by atoms with Crippen LogP contribution in [0.2, 0.25) is 5.02 Å². The predicted molar refractivity (Wildman–Crippen MR) is 94.4 cm³/mol. The molecule has 1 fully saturated rings. The molecule has 2 aromatic carbocycles. The Morgan fingerprint density at radius 3 is 2.42 bits per heavy atom. The van der Waals surface area contributed by atoms with Crippen molar-refractivity contribution in [2.45, 2.75) is 6.54 Å². The van der Waals surface area contributed by atoms with Gasteiger partial charge in [0, 0.05) is 5.56 Å². The molecule has 0 atom stereocenters. The Morgan fingerprint density at radius 1 is 1.04 bits per heavy atom. The van der Waals surface area contributed by atoms with Gasteiger partial charge in [0.15, 0.2) is 6.61 Å². The first-order chi connectivity index (χ1) is 11.7. The molecule has 3 rings (SSSR count). The lowest BCUT2D eigenvalue weighted by Crippen LogP contribution is -3.13. The molecule has 2 aromatic rings. The summed E-state index contributed by atoms with van der Waals surface area (Å²) in [5, 5.41) is 0.530. The Balaban J connectivity index is 1.44. The van der Waals surface area contributed by atoms with Crippen LogP contribution >= 0.6 is 11.6 Å². The van der Waals surface area contributed by atoms with Gasteiger partial charge in [-0.3, -0.25) is 4.79 Å². The maximum atomic E-state index is 12.3. The largest absolute Gasteiger partial charge is 0.482 e. The molecule has 0 unspecified atom stereocenters. The third-order valence-corrected chi connectivity index (χ3v) is 4.62. The minimum absolute atomic E-state index is 0.0219. The fraction of sp³-hybridized carbons (Fsp3) is 0.316. The van der Waals surface area contributed by atoms with Gasteiger partial charge in [0.2, 0.25) is 0 Å². The molecule has 1 aliphatic heterocycles. The number of hydrogen-bond acceptors (Lipinski definition) is 2. The first-order valence-electron chi connectivity index (χ1n) is 8.25. The molecule has 24 heavy (non-hydrogen) atoms. The monoisotopic (exact) mass is 345 g/mol. The zero-order chi connectivity index (χ0) is 16.8. The van der Waals surface area contributed by atoms with Crippen molar-refractivity contribution in [1.29, 1.82) is 0 Å². The van der Waals surface area contributed by atoms with E-state index in [0.717, 1.165) is 32.7 Å². The number of piperazine rings is 1. The van der Waals surface area contributed by atoms with Crippen LogP contribution in [0.4, 0.5) is 0 Å². The van der Waals surface area contributed by atoms with Crippen LogP contribution in [0.25, 0.3) is 0 Å². The van der Waals surface area contributed by atoms with Crippen molar-refractivity contribution in [3.63, 3.8) is 0 Å². The lowest BCUT2D eigenvalue weighted by atomic mass is 10.2. The van der Waals surface area contributed by atoms with Gasteiger partial charge in [0.1, 0.15) is 12.3 Å². The highest BCUT2D eigenvalue weighted by Crippen LogP contribution is 2.22. The summed E-state index contributed by atoms with van der Waals surface area (Å²) in [6, 6.07) is 17.7. The van der Waals surface area contributed by atoms with Gasteiger partial charge in [-0.25, -0.2) is 0 Å². The molecule has 0 bridgehead atoms. The Hall–Kier alpha value is -2.04. The molecule has 1 aliphatic rings. The number of nitrogens with one attached hydrogen (secondary N) is 1. The van der Waals surface area contributed by atoms with Crippen LogP contribution in [0.1, 0.15) is 5.56 Å². The number of carbonyl (C=O) groups is 1. The van der Waals surface area contributed by atoms with Crippen LogP contribution in [0, 0.1) is 0 Å². The maximum Gasteiger partial charge on any atom is 0.260 e. The van der Waals surface area contributed by atoms with Crippen LogP contribution in [0.5, 0.6) is 5.75 Å². The lowest BCUT2D eigenvalue weighted by Gasteiger charge is -2.32. The third-order valence-electron chi connectivity index (χ3n) is 4.31.